The largest absolute Gasteiger partial charge is 0.378 e. The summed E-state index contributed by atoms with van der Waals surface area (Å²) in [6.07, 6.45) is 2.23. The van der Waals surface area contributed by atoms with E-state index in [1.807, 2.05) is 28.5 Å². The lowest BCUT2D eigenvalue weighted by Crippen LogP contribution is -2.41. The molecule has 2 aromatic rings. The predicted octanol–water partition coefficient (Wildman–Crippen LogP) is 1.53. The third-order valence-corrected chi connectivity index (χ3v) is 6.88. The number of carbonyl (C=O) groups excluding carboxylic acids is 1. The van der Waals surface area contributed by atoms with Gasteiger partial charge in [0.1, 0.15) is 5.01 Å². The number of fused-ring (bicyclic) bond motifs is 1. The highest BCUT2D eigenvalue weighted by Gasteiger charge is 2.26. The molecule has 1 amide bonds. The van der Waals surface area contributed by atoms with E-state index in [0.29, 0.717) is 45.7 Å². The highest BCUT2D eigenvalue weighted by molar-refractivity contribution is 7.92. The van der Waals surface area contributed by atoms with Crippen molar-refractivity contribution >= 4 is 33.0 Å². The molecular formula is C18H21N3O4S2. The zero-order valence-electron chi connectivity index (χ0n) is 15.1. The van der Waals surface area contributed by atoms with Crippen molar-refractivity contribution in [3.63, 3.8) is 0 Å². The van der Waals surface area contributed by atoms with Crippen LogP contribution in [0, 0.1) is 0 Å². The maximum absolute atomic E-state index is 12.4. The van der Waals surface area contributed by atoms with Crippen LogP contribution >= 0.6 is 11.3 Å². The predicted molar refractivity (Wildman–Crippen MR) is 105 cm³/mol. The molecule has 3 heterocycles. The van der Waals surface area contributed by atoms with Crippen LogP contribution in [0.1, 0.15) is 10.6 Å². The lowest BCUT2D eigenvalue weighted by molar-refractivity contribution is -0.134. The number of hydrogen-bond acceptors (Lipinski definition) is 6. The van der Waals surface area contributed by atoms with E-state index in [4.69, 9.17) is 4.74 Å². The summed E-state index contributed by atoms with van der Waals surface area (Å²) < 4.78 is 30.4. The summed E-state index contributed by atoms with van der Waals surface area (Å²) in [5.41, 5.74) is 3.53. The molecule has 144 valence electrons. The second-order valence-electron chi connectivity index (χ2n) is 6.73. The Morgan fingerprint density at radius 2 is 2.04 bits per heavy atom. The molecule has 0 atom stereocenters. The van der Waals surface area contributed by atoms with E-state index in [1.54, 1.807) is 0 Å². The minimum atomic E-state index is -3.24. The summed E-state index contributed by atoms with van der Waals surface area (Å²) >= 11 is 1.48. The second kappa shape index (κ2) is 7.21. The Kier molecular flexibility index (Phi) is 4.92. The van der Waals surface area contributed by atoms with Gasteiger partial charge in [-0.3, -0.25) is 9.10 Å². The maximum atomic E-state index is 12.4. The Morgan fingerprint density at radius 1 is 1.26 bits per heavy atom. The monoisotopic (exact) mass is 407 g/mol. The van der Waals surface area contributed by atoms with E-state index < -0.39 is 10.0 Å². The fourth-order valence-electron chi connectivity index (χ4n) is 3.45. The first-order valence-corrected chi connectivity index (χ1v) is 11.6. The maximum Gasteiger partial charge on any atom is 0.232 e. The summed E-state index contributed by atoms with van der Waals surface area (Å²) in [5.74, 6) is 0.0805. The minimum absolute atomic E-state index is 0.0805. The fraction of sp³-hybridized carbons (Fsp3) is 0.444. The molecule has 1 saturated heterocycles. The van der Waals surface area contributed by atoms with Gasteiger partial charge in [0.05, 0.1) is 37.3 Å². The standard InChI is InChI=1S/C18H21N3O4S2/c1-27(23,24)21-5-4-14-10-13(2-3-16(14)21)15-12-26-17(19-15)11-18(22)20-6-8-25-9-7-20/h2-3,10,12H,4-9,11H2,1H3. The molecule has 7 nitrogen and oxygen atoms in total. The number of ether oxygens (including phenoxy) is 1. The molecule has 2 aliphatic rings. The average molecular weight is 408 g/mol. The normalized spacial score (nSPS) is 17.2. The molecule has 9 heteroatoms. The highest BCUT2D eigenvalue weighted by atomic mass is 32.2. The van der Waals surface area contributed by atoms with Crippen LogP contribution in [-0.2, 0) is 32.4 Å². The average Bonchev–Trinajstić information content (AvgIpc) is 3.28. The van der Waals surface area contributed by atoms with Crippen LogP contribution in [0.2, 0.25) is 0 Å². The summed E-state index contributed by atoms with van der Waals surface area (Å²) in [5, 5.41) is 2.74. The number of aromatic nitrogens is 1. The molecule has 0 N–H and O–H groups in total. The first-order valence-electron chi connectivity index (χ1n) is 8.83. The Balaban J connectivity index is 1.50. The van der Waals surface area contributed by atoms with Crippen LogP contribution in [0.3, 0.4) is 0 Å². The SMILES string of the molecule is CS(=O)(=O)N1CCc2cc(-c3csc(CC(=O)N4CCOCC4)n3)ccc21. The number of rotatable bonds is 4. The molecule has 4 rings (SSSR count). The molecule has 0 unspecified atom stereocenters. The van der Waals surface area contributed by atoms with Crippen molar-refractivity contribution in [1.29, 1.82) is 0 Å². The summed E-state index contributed by atoms with van der Waals surface area (Å²) in [4.78, 5) is 18.8. The highest BCUT2D eigenvalue weighted by Crippen LogP contribution is 2.34. The number of thiazole rings is 1. The van der Waals surface area contributed by atoms with Gasteiger partial charge in [-0.15, -0.1) is 11.3 Å². The summed E-state index contributed by atoms with van der Waals surface area (Å²) in [6.45, 7) is 2.94. The van der Waals surface area contributed by atoms with E-state index in [1.165, 1.54) is 21.9 Å². The van der Waals surface area contributed by atoms with Crippen molar-refractivity contribution in [1.82, 2.24) is 9.88 Å². The molecule has 1 aromatic carbocycles. The van der Waals surface area contributed by atoms with Crippen molar-refractivity contribution < 1.29 is 17.9 Å². The molecular weight excluding hydrogens is 386 g/mol. The number of sulfonamides is 1. The Bertz CT molecular complexity index is 965. The van der Waals surface area contributed by atoms with Gasteiger partial charge in [-0.2, -0.15) is 0 Å². The Labute approximate surface area is 162 Å². The molecule has 0 saturated carbocycles. The van der Waals surface area contributed by atoms with Crippen LogP contribution in [0.25, 0.3) is 11.3 Å². The minimum Gasteiger partial charge on any atom is -0.378 e. The number of hydrogen-bond donors (Lipinski definition) is 0. The van der Waals surface area contributed by atoms with Crippen molar-refractivity contribution in [3.8, 4) is 11.3 Å². The van der Waals surface area contributed by atoms with Crippen LogP contribution < -0.4 is 4.31 Å². The second-order valence-corrected chi connectivity index (χ2v) is 9.57. The van der Waals surface area contributed by atoms with Gasteiger partial charge in [0.15, 0.2) is 0 Å². The molecule has 27 heavy (non-hydrogen) atoms. The third-order valence-electron chi connectivity index (χ3n) is 4.85. The molecule has 0 bridgehead atoms. The lowest BCUT2D eigenvalue weighted by Gasteiger charge is -2.26. The van der Waals surface area contributed by atoms with Crippen LogP contribution in [-0.4, -0.2) is 63.3 Å². The van der Waals surface area contributed by atoms with Crippen molar-refractivity contribution in [3.05, 3.63) is 34.2 Å². The first-order chi connectivity index (χ1) is 12.9. The van der Waals surface area contributed by atoms with Gasteiger partial charge >= 0.3 is 0 Å². The number of amides is 1. The zero-order chi connectivity index (χ0) is 19.0. The Morgan fingerprint density at radius 3 is 2.78 bits per heavy atom. The number of carbonyl (C=O) groups is 1. The third kappa shape index (κ3) is 3.85. The van der Waals surface area contributed by atoms with Gasteiger partial charge in [-0.05, 0) is 24.1 Å². The quantitative estimate of drug-likeness (QED) is 0.768. The molecule has 0 aliphatic carbocycles. The first kappa shape index (κ1) is 18.4. The van der Waals surface area contributed by atoms with Crippen LogP contribution in [0.15, 0.2) is 23.6 Å². The van der Waals surface area contributed by atoms with E-state index in [2.05, 4.69) is 4.98 Å². The molecule has 1 aromatic heterocycles. The number of anilines is 1. The molecule has 1 fully saturated rings. The molecule has 2 aliphatic heterocycles. The van der Waals surface area contributed by atoms with Crippen molar-refractivity contribution in [2.45, 2.75) is 12.8 Å². The number of benzene rings is 1. The van der Waals surface area contributed by atoms with Gasteiger partial charge in [0.25, 0.3) is 0 Å². The van der Waals surface area contributed by atoms with Gasteiger partial charge in [0, 0.05) is 30.6 Å². The van der Waals surface area contributed by atoms with E-state index >= 15 is 0 Å². The fourth-order valence-corrected chi connectivity index (χ4v) is 5.21. The van der Waals surface area contributed by atoms with E-state index in [-0.39, 0.29) is 5.91 Å². The van der Waals surface area contributed by atoms with Gasteiger partial charge in [0.2, 0.25) is 15.9 Å². The number of morpholine rings is 1. The summed E-state index contributed by atoms with van der Waals surface area (Å²) in [6, 6.07) is 5.74. The van der Waals surface area contributed by atoms with Crippen molar-refractivity contribution in [2.75, 3.05) is 43.4 Å². The van der Waals surface area contributed by atoms with Gasteiger partial charge in [-0.25, -0.2) is 13.4 Å². The van der Waals surface area contributed by atoms with Crippen LogP contribution in [0.4, 0.5) is 5.69 Å². The topological polar surface area (TPSA) is 79.8 Å². The lowest BCUT2D eigenvalue weighted by atomic mass is 10.1. The number of nitrogens with zero attached hydrogens (tertiary/aromatic N) is 3. The summed E-state index contributed by atoms with van der Waals surface area (Å²) in [7, 11) is -3.24. The smallest absolute Gasteiger partial charge is 0.232 e. The molecule has 0 radical (unpaired) electrons. The molecule has 0 spiro atoms. The van der Waals surface area contributed by atoms with E-state index in [9.17, 15) is 13.2 Å². The zero-order valence-corrected chi connectivity index (χ0v) is 16.7. The van der Waals surface area contributed by atoms with Gasteiger partial charge < -0.3 is 9.64 Å². The van der Waals surface area contributed by atoms with Gasteiger partial charge in [-0.1, -0.05) is 6.07 Å². The Hall–Kier alpha value is -1.97. The van der Waals surface area contributed by atoms with Crippen LogP contribution in [0.5, 0.6) is 0 Å². The van der Waals surface area contributed by atoms with E-state index in [0.717, 1.165) is 27.5 Å². The van der Waals surface area contributed by atoms with Crippen molar-refractivity contribution in [2.24, 2.45) is 0 Å².